The number of hydrogen-bond donors (Lipinski definition) is 2. The molecule has 2 heterocycles. The van der Waals surface area contributed by atoms with Crippen LogP contribution in [0.1, 0.15) is 38.2 Å². The Kier molecular flexibility index (Phi) is 4.72. The molecule has 0 aromatic carbocycles. The van der Waals surface area contributed by atoms with Gasteiger partial charge in [0, 0.05) is 6.07 Å². The van der Waals surface area contributed by atoms with Gasteiger partial charge in [0.2, 0.25) is 5.71 Å². The van der Waals surface area contributed by atoms with E-state index in [1.165, 1.54) is 13.0 Å². The molecular weight excluding hydrogens is 279 g/mol. The first kappa shape index (κ1) is 15.2. The Bertz CT molecular complexity index is 783. The number of alkyl halides is 1. The van der Waals surface area contributed by atoms with Crippen molar-refractivity contribution in [1.29, 1.82) is 0 Å². The van der Waals surface area contributed by atoms with E-state index in [0.717, 1.165) is 19.3 Å². The van der Waals surface area contributed by atoms with E-state index >= 15 is 0 Å². The number of aromatic nitrogens is 2. The SMILES string of the molecule is CC(F)CCCCCc1cc(=O)oc2[nH]c(=O)[nH]c(=O)c12. The van der Waals surface area contributed by atoms with E-state index in [2.05, 4.69) is 9.97 Å². The van der Waals surface area contributed by atoms with Gasteiger partial charge in [-0.3, -0.25) is 14.8 Å². The molecule has 2 rings (SSSR count). The fourth-order valence-corrected chi connectivity index (χ4v) is 2.29. The lowest BCUT2D eigenvalue weighted by Crippen LogP contribution is -2.24. The van der Waals surface area contributed by atoms with Gasteiger partial charge in [0.1, 0.15) is 5.39 Å². The topological polar surface area (TPSA) is 95.9 Å². The van der Waals surface area contributed by atoms with Crippen molar-refractivity contribution in [2.75, 3.05) is 0 Å². The molecule has 114 valence electrons. The minimum absolute atomic E-state index is 0.108. The molecule has 0 spiro atoms. The van der Waals surface area contributed by atoms with E-state index in [1.54, 1.807) is 0 Å². The van der Waals surface area contributed by atoms with Crippen molar-refractivity contribution in [1.82, 2.24) is 9.97 Å². The lowest BCUT2D eigenvalue weighted by atomic mass is 10.0. The second kappa shape index (κ2) is 6.51. The maximum atomic E-state index is 12.7. The molecule has 0 aliphatic heterocycles. The monoisotopic (exact) mass is 296 g/mol. The summed E-state index contributed by atoms with van der Waals surface area (Å²) in [7, 11) is 0. The van der Waals surface area contributed by atoms with Crippen molar-refractivity contribution in [3.63, 3.8) is 0 Å². The zero-order chi connectivity index (χ0) is 15.4. The normalized spacial score (nSPS) is 12.7. The average molecular weight is 296 g/mol. The molecule has 7 heteroatoms. The van der Waals surface area contributed by atoms with Crippen molar-refractivity contribution in [2.24, 2.45) is 0 Å². The highest BCUT2D eigenvalue weighted by Crippen LogP contribution is 2.14. The number of halogens is 1. The highest BCUT2D eigenvalue weighted by molar-refractivity contribution is 5.75. The first-order valence-electron chi connectivity index (χ1n) is 6.91. The van der Waals surface area contributed by atoms with Crippen LogP contribution in [0.4, 0.5) is 4.39 Å². The molecule has 2 aromatic heterocycles. The standard InChI is InChI=1S/C14H17FN2O4/c1-8(15)5-3-2-4-6-9-7-10(18)21-13-11(9)12(19)16-14(20)17-13/h7-8H,2-6H2,1H3,(H2,16,17,19,20). The fraction of sp³-hybridized carbons (Fsp3) is 0.500. The van der Waals surface area contributed by atoms with Gasteiger partial charge in [-0.15, -0.1) is 0 Å². The molecule has 0 radical (unpaired) electrons. The number of aromatic amines is 2. The van der Waals surface area contributed by atoms with Gasteiger partial charge >= 0.3 is 11.3 Å². The molecule has 0 saturated carbocycles. The van der Waals surface area contributed by atoms with Crippen molar-refractivity contribution >= 4 is 11.1 Å². The molecule has 0 fully saturated rings. The van der Waals surface area contributed by atoms with Gasteiger partial charge < -0.3 is 4.42 Å². The lowest BCUT2D eigenvalue weighted by Gasteiger charge is -2.05. The molecule has 1 unspecified atom stereocenters. The van der Waals surface area contributed by atoms with Crippen LogP contribution < -0.4 is 16.9 Å². The summed E-state index contributed by atoms with van der Waals surface area (Å²) in [5.74, 6) is 0. The van der Waals surface area contributed by atoms with E-state index in [4.69, 9.17) is 4.42 Å². The summed E-state index contributed by atoms with van der Waals surface area (Å²) in [4.78, 5) is 38.9. The van der Waals surface area contributed by atoms with Gasteiger partial charge in [-0.2, -0.15) is 0 Å². The van der Waals surface area contributed by atoms with Gasteiger partial charge in [0.15, 0.2) is 0 Å². The van der Waals surface area contributed by atoms with Crippen molar-refractivity contribution in [2.45, 2.75) is 45.2 Å². The molecule has 0 aliphatic rings. The summed E-state index contributed by atoms with van der Waals surface area (Å²) in [6.45, 7) is 1.52. The lowest BCUT2D eigenvalue weighted by molar-refractivity contribution is 0.330. The zero-order valence-electron chi connectivity index (χ0n) is 11.7. The Morgan fingerprint density at radius 3 is 2.67 bits per heavy atom. The van der Waals surface area contributed by atoms with Gasteiger partial charge in [0.25, 0.3) is 5.56 Å². The Labute approximate surface area is 119 Å². The summed E-state index contributed by atoms with van der Waals surface area (Å²) >= 11 is 0. The summed E-state index contributed by atoms with van der Waals surface area (Å²) < 4.78 is 17.5. The number of unbranched alkanes of at least 4 members (excludes halogenated alkanes) is 2. The molecule has 0 saturated heterocycles. The minimum atomic E-state index is -0.817. The van der Waals surface area contributed by atoms with E-state index < -0.39 is 23.0 Å². The highest BCUT2D eigenvalue weighted by atomic mass is 19.1. The van der Waals surface area contributed by atoms with Gasteiger partial charge in [-0.05, 0) is 31.7 Å². The largest absolute Gasteiger partial charge is 0.405 e. The number of hydrogen-bond acceptors (Lipinski definition) is 4. The van der Waals surface area contributed by atoms with E-state index in [9.17, 15) is 18.8 Å². The highest BCUT2D eigenvalue weighted by Gasteiger charge is 2.10. The van der Waals surface area contributed by atoms with Gasteiger partial charge in [-0.1, -0.05) is 12.8 Å². The van der Waals surface area contributed by atoms with Gasteiger partial charge in [0.05, 0.1) is 6.17 Å². The second-order valence-corrected chi connectivity index (χ2v) is 5.08. The predicted molar refractivity (Wildman–Crippen MR) is 76.5 cm³/mol. The predicted octanol–water partition coefficient (Wildman–Crippen LogP) is 1.63. The van der Waals surface area contributed by atoms with Crippen LogP contribution in [-0.2, 0) is 6.42 Å². The third-order valence-electron chi connectivity index (χ3n) is 3.27. The Hall–Kier alpha value is -2.18. The summed E-state index contributed by atoms with van der Waals surface area (Å²) in [6, 6.07) is 1.26. The van der Waals surface area contributed by atoms with Crippen LogP contribution in [0.2, 0.25) is 0 Å². The molecule has 2 N–H and O–H groups in total. The molecule has 1 atom stereocenters. The first-order valence-corrected chi connectivity index (χ1v) is 6.91. The van der Waals surface area contributed by atoms with Gasteiger partial charge in [-0.25, -0.2) is 14.0 Å². The maximum absolute atomic E-state index is 12.7. The first-order chi connectivity index (χ1) is 9.97. The quantitative estimate of drug-likeness (QED) is 0.792. The minimum Gasteiger partial charge on any atom is -0.405 e. The van der Waals surface area contributed by atoms with Crippen LogP contribution in [0.25, 0.3) is 11.1 Å². The Morgan fingerprint density at radius 1 is 1.19 bits per heavy atom. The smallest absolute Gasteiger partial charge is 0.337 e. The van der Waals surface area contributed by atoms with E-state index in [0.29, 0.717) is 18.4 Å². The number of nitrogens with one attached hydrogen (secondary N) is 2. The molecule has 6 nitrogen and oxygen atoms in total. The molecule has 0 bridgehead atoms. The average Bonchev–Trinajstić information content (AvgIpc) is 2.36. The summed E-state index contributed by atoms with van der Waals surface area (Å²) in [6.07, 6.45) is 2.47. The number of aryl methyl sites for hydroxylation is 1. The summed E-state index contributed by atoms with van der Waals surface area (Å²) in [5.41, 5.74) is -1.48. The molecule has 2 aromatic rings. The molecule has 0 aliphatic carbocycles. The van der Waals surface area contributed by atoms with Crippen LogP contribution in [0, 0.1) is 0 Å². The molecule has 21 heavy (non-hydrogen) atoms. The zero-order valence-corrected chi connectivity index (χ0v) is 11.7. The number of H-pyrrole nitrogens is 2. The van der Waals surface area contributed by atoms with Crippen molar-refractivity contribution in [3.05, 3.63) is 42.9 Å². The third kappa shape index (κ3) is 3.90. The maximum Gasteiger partial charge on any atom is 0.337 e. The number of rotatable bonds is 6. The molecular formula is C14H17FN2O4. The summed E-state index contributed by atoms with van der Waals surface area (Å²) in [5, 5.41) is 0.188. The third-order valence-corrected chi connectivity index (χ3v) is 3.27. The van der Waals surface area contributed by atoms with E-state index in [-0.39, 0.29) is 11.1 Å². The van der Waals surface area contributed by atoms with Crippen LogP contribution >= 0.6 is 0 Å². The van der Waals surface area contributed by atoms with Crippen molar-refractivity contribution < 1.29 is 8.81 Å². The fourth-order valence-electron chi connectivity index (χ4n) is 2.29. The van der Waals surface area contributed by atoms with Crippen LogP contribution in [0.3, 0.4) is 0 Å². The van der Waals surface area contributed by atoms with Crippen LogP contribution in [-0.4, -0.2) is 16.1 Å². The number of fused-ring (bicyclic) bond motifs is 1. The second-order valence-electron chi connectivity index (χ2n) is 5.08. The van der Waals surface area contributed by atoms with Crippen LogP contribution in [0.5, 0.6) is 0 Å². The van der Waals surface area contributed by atoms with E-state index in [1.807, 2.05) is 0 Å². The van der Waals surface area contributed by atoms with Crippen LogP contribution in [0.15, 0.2) is 24.9 Å². The Balaban J connectivity index is 2.21. The van der Waals surface area contributed by atoms with Crippen molar-refractivity contribution in [3.8, 4) is 0 Å². The molecule has 0 amide bonds. The Morgan fingerprint density at radius 2 is 1.95 bits per heavy atom.